The molecule has 0 N–H and O–H groups in total. The summed E-state index contributed by atoms with van der Waals surface area (Å²) in [4.78, 5) is 12.9. The summed E-state index contributed by atoms with van der Waals surface area (Å²) < 4.78 is 15.8. The van der Waals surface area contributed by atoms with Crippen LogP contribution < -0.4 is 78.4 Å². The third-order valence-corrected chi connectivity index (χ3v) is 25.7. The Morgan fingerprint density at radius 2 is 0.552 bits per heavy atom. The molecule has 0 bridgehead atoms. The van der Waals surface area contributed by atoms with Gasteiger partial charge in [-0.05, 0) is 128 Å². The summed E-state index contributed by atoms with van der Waals surface area (Å²) in [5.74, 6) is 1.82. The standard InChI is InChI=1S/C93H55B3N8O/c1-97-72-48-73-61(46-60(72)94-58-36-16-24-44-70(58)100(50-26-6-4-7-27-50)91-79-55-33-13-21-41-67(55)102-64-38-18-10-30-52(64)76(85(79)102)88(97)82(91)94)96-63-47-62-74(49-75(63)105-93-81-57-35-15-23-43-69(57)104-66-40-20-12-32-54(66)78(87(81)104)90(84(93)96)98(73)2)99(3)89-77-53-31-11-19-39-65(53)103-68-42-22-14-34-56(68)80(86(77)103)92-83(89)95(62)59-37-17-25-45-71(59)101(92)51-28-8-5-9-29-51/h4-49H,1-3H3. The Hall–Kier alpha value is -13.3. The maximum Gasteiger partial charge on any atom is 0.256 e. The van der Waals surface area contributed by atoms with Crippen molar-refractivity contribution in [2.75, 3.05) is 45.6 Å². The maximum absolute atomic E-state index is 8.17. The Kier molecular flexibility index (Phi) is 9.58. The van der Waals surface area contributed by atoms with E-state index < -0.39 is 0 Å². The quantitative estimate of drug-likeness (QED) is 0.161. The van der Waals surface area contributed by atoms with Crippen molar-refractivity contribution < 1.29 is 4.74 Å². The number of aromatic nitrogens is 3. The first-order valence-corrected chi connectivity index (χ1v) is 36.8. The zero-order chi connectivity index (χ0) is 68.0. The fourth-order valence-electron chi connectivity index (χ4n) is 22.0. The topological polar surface area (TPSA) is 38.7 Å². The molecule has 0 saturated carbocycles. The molecule has 6 aliphatic heterocycles. The van der Waals surface area contributed by atoms with Gasteiger partial charge in [0.25, 0.3) is 20.1 Å². The van der Waals surface area contributed by atoms with Gasteiger partial charge in [-0.1, -0.05) is 194 Å². The number of ether oxygens (including phenoxy) is 1. The van der Waals surface area contributed by atoms with Gasteiger partial charge in [0.15, 0.2) is 0 Å². The number of para-hydroxylation sites is 10. The Morgan fingerprint density at radius 3 is 0.962 bits per heavy atom. The highest BCUT2D eigenvalue weighted by molar-refractivity contribution is 7.05. The molecule has 6 aliphatic rings. The summed E-state index contributed by atoms with van der Waals surface area (Å²) in [6.45, 7) is -0.600. The van der Waals surface area contributed by atoms with Gasteiger partial charge in [0, 0.05) is 143 Å². The van der Waals surface area contributed by atoms with Crippen LogP contribution in [0.5, 0.6) is 11.5 Å². The van der Waals surface area contributed by atoms with Crippen LogP contribution >= 0.6 is 0 Å². The van der Waals surface area contributed by atoms with Gasteiger partial charge < -0.3 is 42.4 Å². The molecule has 0 spiro atoms. The van der Waals surface area contributed by atoms with Crippen molar-refractivity contribution in [3.8, 4) is 11.5 Å². The summed E-state index contributed by atoms with van der Waals surface area (Å²) in [7, 11) is 7.05. The van der Waals surface area contributed by atoms with Crippen molar-refractivity contribution >= 4 is 252 Å². The second-order valence-corrected chi connectivity index (χ2v) is 30.2. The van der Waals surface area contributed by atoms with Crippen LogP contribution in [-0.2, 0) is 0 Å². The highest BCUT2D eigenvalue weighted by Gasteiger charge is 2.52. The Balaban J connectivity index is 0.790. The average Bonchev–Trinajstić information content (AvgIpc) is 1.58. The summed E-state index contributed by atoms with van der Waals surface area (Å²) >= 11 is 0. The average molecular weight is 1330 g/mol. The van der Waals surface area contributed by atoms with Crippen LogP contribution in [0.1, 0.15) is 0 Å². The number of hydrogen-bond donors (Lipinski definition) is 0. The van der Waals surface area contributed by atoms with Crippen molar-refractivity contribution in [1.29, 1.82) is 0 Å². The van der Waals surface area contributed by atoms with Gasteiger partial charge in [-0.3, -0.25) is 0 Å². The lowest BCUT2D eigenvalue weighted by atomic mass is 9.29. The summed E-state index contributed by atoms with van der Waals surface area (Å²) in [5.41, 5.74) is 36.8. The van der Waals surface area contributed by atoms with Crippen molar-refractivity contribution in [1.82, 2.24) is 13.2 Å². The zero-order valence-corrected chi connectivity index (χ0v) is 57.3. The normalized spacial score (nSPS) is 14.5. The van der Waals surface area contributed by atoms with Crippen LogP contribution in [0.25, 0.3) is 114 Å². The predicted octanol–water partition coefficient (Wildman–Crippen LogP) is 16.6. The minimum atomic E-state index is -0.275. The van der Waals surface area contributed by atoms with Crippen LogP contribution in [0.3, 0.4) is 0 Å². The first-order valence-electron chi connectivity index (χ1n) is 36.8. The van der Waals surface area contributed by atoms with E-state index in [1.165, 1.54) is 209 Å². The van der Waals surface area contributed by atoms with Gasteiger partial charge in [0.05, 0.1) is 66.4 Å². The van der Waals surface area contributed by atoms with Crippen molar-refractivity contribution in [2.45, 2.75) is 0 Å². The van der Waals surface area contributed by atoms with E-state index in [-0.39, 0.29) is 20.1 Å². The summed E-state index contributed by atoms with van der Waals surface area (Å²) in [6, 6.07) is 106. The molecule has 12 heteroatoms. The second-order valence-electron chi connectivity index (χ2n) is 30.2. The second kappa shape index (κ2) is 18.5. The minimum Gasteiger partial charge on any atom is -0.458 e. The molecule has 21 aromatic rings. The molecule has 0 atom stereocenters. The number of anilines is 12. The molecular weight excluding hydrogens is 1280 g/mol. The third-order valence-electron chi connectivity index (χ3n) is 25.7. The predicted molar refractivity (Wildman–Crippen MR) is 444 cm³/mol. The SMILES string of the molecule is CN1c2cc3c(cc2B2c4cc5c(cc4Oc4c2c1c1c2ccccc2n2c6ccccc6c4c12)N(C)c1c2c(c4c6ccccc6n6c7ccccc7c1c46)N(c1ccccc1)c1ccccc1B52)B1c2ccccc2N(c2ccccc2)c2c1c(c1c4ccccc4n4c5ccccc5c2c14)N3C. The van der Waals surface area contributed by atoms with E-state index in [0.29, 0.717) is 0 Å². The van der Waals surface area contributed by atoms with Gasteiger partial charge in [0.2, 0.25) is 0 Å². The molecule has 105 heavy (non-hydrogen) atoms. The lowest BCUT2D eigenvalue weighted by Gasteiger charge is -2.46. The summed E-state index contributed by atoms with van der Waals surface area (Å²) in [6.07, 6.45) is 0. The molecule has 15 aromatic carbocycles. The summed E-state index contributed by atoms with van der Waals surface area (Å²) in [5, 5.41) is 15.0. The minimum absolute atomic E-state index is 0.156. The number of fused-ring (bicyclic) bond motifs is 36. The smallest absolute Gasteiger partial charge is 0.256 e. The van der Waals surface area contributed by atoms with E-state index in [1.807, 2.05) is 0 Å². The Bertz CT molecular complexity index is 7630. The van der Waals surface area contributed by atoms with Crippen LogP contribution in [0.4, 0.5) is 68.2 Å². The van der Waals surface area contributed by atoms with E-state index in [1.54, 1.807) is 0 Å². The lowest BCUT2D eigenvalue weighted by molar-refractivity contribution is 0.493. The molecule has 0 aliphatic carbocycles. The molecule has 0 amide bonds. The lowest BCUT2D eigenvalue weighted by Crippen LogP contribution is -2.66. The first kappa shape index (κ1) is 54.4. The van der Waals surface area contributed by atoms with Gasteiger partial charge in [0.1, 0.15) is 11.5 Å². The largest absolute Gasteiger partial charge is 0.458 e. The first-order chi connectivity index (χ1) is 52.0. The molecule has 27 rings (SSSR count). The van der Waals surface area contributed by atoms with Crippen molar-refractivity contribution in [3.05, 3.63) is 279 Å². The van der Waals surface area contributed by atoms with Gasteiger partial charge >= 0.3 is 0 Å². The number of hydrogen-bond acceptors (Lipinski definition) is 6. The van der Waals surface area contributed by atoms with E-state index >= 15 is 0 Å². The van der Waals surface area contributed by atoms with Crippen molar-refractivity contribution in [2.24, 2.45) is 0 Å². The molecule has 0 saturated heterocycles. The molecule has 0 radical (unpaired) electrons. The Labute approximate surface area is 602 Å². The van der Waals surface area contributed by atoms with Gasteiger partial charge in [-0.25, -0.2) is 0 Å². The van der Waals surface area contributed by atoms with Crippen LogP contribution in [0, 0.1) is 0 Å². The van der Waals surface area contributed by atoms with Crippen molar-refractivity contribution in [3.63, 3.8) is 0 Å². The fraction of sp³-hybridized carbons (Fsp3) is 0.0323. The van der Waals surface area contributed by atoms with Gasteiger partial charge in [-0.2, -0.15) is 0 Å². The monoisotopic (exact) mass is 1330 g/mol. The zero-order valence-electron chi connectivity index (χ0n) is 57.3. The highest BCUT2D eigenvalue weighted by Crippen LogP contribution is 2.58. The number of nitrogens with zero attached hydrogens (tertiary/aromatic N) is 8. The van der Waals surface area contributed by atoms with Gasteiger partial charge in [-0.15, -0.1) is 0 Å². The maximum atomic E-state index is 8.17. The fourth-order valence-corrected chi connectivity index (χ4v) is 22.0. The third kappa shape index (κ3) is 6.08. The van der Waals surface area contributed by atoms with Crippen LogP contribution in [0.15, 0.2) is 279 Å². The highest BCUT2D eigenvalue weighted by atomic mass is 16.5. The van der Waals surface area contributed by atoms with E-state index in [9.17, 15) is 0 Å². The van der Waals surface area contributed by atoms with Crippen LogP contribution in [-0.4, -0.2) is 54.5 Å². The molecule has 9 nitrogen and oxygen atoms in total. The Morgan fingerprint density at radius 1 is 0.248 bits per heavy atom. The van der Waals surface area contributed by atoms with E-state index in [4.69, 9.17) is 4.74 Å². The molecule has 0 fully saturated rings. The molecular formula is C93H55B3N8O. The number of benzene rings is 15. The number of rotatable bonds is 2. The molecule has 482 valence electrons. The molecule has 12 heterocycles. The molecule has 0 unspecified atom stereocenters. The van der Waals surface area contributed by atoms with E-state index in [2.05, 4.69) is 338 Å². The molecule has 6 aromatic heterocycles. The van der Waals surface area contributed by atoms with E-state index in [0.717, 1.165) is 33.9 Å². The van der Waals surface area contributed by atoms with Crippen LogP contribution in [0.2, 0.25) is 0 Å².